The Kier molecular flexibility index (Phi) is 7.49. The maximum absolute atomic E-state index is 12.9. The van der Waals surface area contributed by atoms with Crippen molar-refractivity contribution in [2.45, 2.75) is 45.6 Å². The first kappa shape index (κ1) is 20.4. The van der Waals surface area contributed by atoms with Crippen LogP contribution in [0.1, 0.15) is 60.1 Å². The third-order valence-corrected chi connectivity index (χ3v) is 5.43. The Balaban J connectivity index is 1.75. The quantitative estimate of drug-likeness (QED) is 0.754. The van der Waals surface area contributed by atoms with Gasteiger partial charge < -0.3 is 10.1 Å². The summed E-state index contributed by atoms with van der Waals surface area (Å²) in [7, 11) is 0. The molecule has 1 amide bonds. The summed E-state index contributed by atoms with van der Waals surface area (Å²) >= 11 is 0. The molecule has 1 aliphatic heterocycles. The van der Waals surface area contributed by atoms with Crippen molar-refractivity contribution in [2.75, 3.05) is 26.2 Å². The molecule has 0 saturated carbocycles. The SMILES string of the molecule is CCOc1ccccc1C(=O)NC[C@H](c1ccc(C)cc1)N1CCCCCC1. The third kappa shape index (κ3) is 5.35. The van der Waals surface area contributed by atoms with E-state index >= 15 is 0 Å². The Morgan fingerprint density at radius 2 is 1.71 bits per heavy atom. The van der Waals surface area contributed by atoms with Crippen LogP contribution in [-0.2, 0) is 0 Å². The maximum atomic E-state index is 12.9. The number of nitrogens with zero attached hydrogens (tertiary/aromatic N) is 1. The van der Waals surface area contributed by atoms with E-state index in [0.29, 0.717) is 24.5 Å². The lowest BCUT2D eigenvalue weighted by atomic mass is 10.0. The van der Waals surface area contributed by atoms with E-state index in [-0.39, 0.29) is 11.9 Å². The van der Waals surface area contributed by atoms with Crippen molar-refractivity contribution < 1.29 is 9.53 Å². The largest absolute Gasteiger partial charge is 0.493 e. The van der Waals surface area contributed by atoms with E-state index in [0.717, 1.165) is 13.1 Å². The van der Waals surface area contributed by atoms with Crippen LogP contribution in [0.3, 0.4) is 0 Å². The van der Waals surface area contributed by atoms with E-state index in [1.165, 1.54) is 36.8 Å². The summed E-state index contributed by atoms with van der Waals surface area (Å²) in [6.07, 6.45) is 5.05. The zero-order valence-corrected chi connectivity index (χ0v) is 17.1. The molecule has 4 heteroatoms. The van der Waals surface area contributed by atoms with Crippen molar-refractivity contribution in [1.29, 1.82) is 0 Å². The predicted octanol–water partition coefficient (Wildman–Crippen LogP) is 4.74. The molecule has 0 spiro atoms. The average Bonchev–Trinajstić information content (AvgIpc) is 2.99. The first-order chi connectivity index (χ1) is 13.7. The number of nitrogens with one attached hydrogen (secondary N) is 1. The highest BCUT2D eigenvalue weighted by Gasteiger charge is 2.23. The topological polar surface area (TPSA) is 41.6 Å². The Morgan fingerprint density at radius 3 is 2.39 bits per heavy atom. The van der Waals surface area contributed by atoms with Gasteiger partial charge in [0.1, 0.15) is 5.75 Å². The highest BCUT2D eigenvalue weighted by Crippen LogP contribution is 2.25. The monoisotopic (exact) mass is 380 g/mol. The number of hydrogen-bond acceptors (Lipinski definition) is 3. The van der Waals surface area contributed by atoms with Gasteiger partial charge in [0.05, 0.1) is 18.2 Å². The predicted molar refractivity (Wildman–Crippen MR) is 114 cm³/mol. The molecule has 1 atom stereocenters. The molecule has 3 rings (SSSR count). The van der Waals surface area contributed by atoms with Gasteiger partial charge in [-0.3, -0.25) is 9.69 Å². The van der Waals surface area contributed by atoms with Gasteiger partial charge in [-0.25, -0.2) is 0 Å². The number of ether oxygens (including phenoxy) is 1. The van der Waals surface area contributed by atoms with Gasteiger partial charge in [-0.05, 0) is 57.5 Å². The molecule has 2 aromatic carbocycles. The van der Waals surface area contributed by atoms with Crippen LogP contribution in [0, 0.1) is 6.92 Å². The second-order valence-corrected chi connectivity index (χ2v) is 7.52. The summed E-state index contributed by atoms with van der Waals surface area (Å²) in [4.78, 5) is 15.4. The molecule has 1 fully saturated rings. The fourth-order valence-corrected chi connectivity index (χ4v) is 3.87. The molecule has 0 aromatic heterocycles. The lowest BCUT2D eigenvalue weighted by Gasteiger charge is -2.31. The van der Waals surface area contributed by atoms with Gasteiger partial charge in [0.25, 0.3) is 5.91 Å². The molecular weight excluding hydrogens is 348 g/mol. The lowest BCUT2D eigenvalue weighted by Crippen LogP contribution is -2.38. The first-order valence-corrected chi connectivity index (χ1v) is 10.5. The molecule has 0 unspecified atom stereocenters. The highest BCUT2D eigenvalue weighted by atomic mass is 16.5. The molecule has 1 aliphatic rings. The molecule has 0 bridgehead atoms. The Labute approximate surface area is 168 Å². The standard InChI is InChI=1S/C24H32N2O2/c1-3-28-23-11-7-6-10-21(23)24(27)25-18-22(20-14-12-19(2)13-15-20)26-16-8-4-5-9-17-26/h6-7,10-15,22H,3-5,8-9,16-18H2,1-2H3,(H,25,27)/t22-/m1/s1. The summed E-state index contributed by atoms with van der Waals surface area (Å²) in [5.41, 5.74) is 3.13. The zero-order chi connectivity index (χ0) is 19.8. The van der Waals surface area contributed by atoms with Crippen molar-refractivity contribution >= 4 is 5.91 Å². The average molecular weight is 381 g/mol. The smallest absolute Gasteiger partial charge is 0.255 e. The molecule has 2 aromatic rings. The Hall–Kier alpha value is -2.33. The lowest BCUT2D eigenvalue weighted by molar-refractivity contribution is 0.0929. The van der Waals surface area contributed by atoms with Crippen molar-refractivity contribution in [3.8, 4) is 5.75 Å². The van der Waals surface area contributed by atoms with Crippen molar-refractivity contribution in [1.82, 2.24) is 10.2 Å². The van der Waals surface area contributed by atoms with E-state index in [4.69, 9.17) is 4.74 Å². The summed E-state index contributed by atoms with van der Waals surface area (Å²) in [6, 6.07) is 16.4. The number of benzene rings is 2. The van der Waals surface area contributed by atoms with E-state index < -0.39 is 0 Å². The minimum absolute atomic E-state index is 0.0732. The zero-order valence-electron chi connectivity index (χ0n) is 17.1. The summed E-state index contributed by atoms with van der Waals surface area (Å²) in [5.74, 6) is 0.570. The number of likely N-dealkylation sites (tertiary alicyclic amines) is 1. The van der Waals surface area contributed by atoms with Crippen LogP contribution < -0.4 is 10.1 Å². The molecule has 150 valence electrons. The summed E-state index contributed by atoms with van der Waals surface area (Å²) in [5, 5.41) is 3.17. The van der Waals surface area contributed by atoms with Gasteiger partial charge in [-0.1, -0.05) is 54.8 Å². The number of carbonyl (C=O) groups excluding carboxylic acids is 1. The van der Waals surface area contributed by atoms with Crippen LogP contribution in [-0.4, -0.2) is 37.0 Å². The number of aryl methyl sites for hydroxylation is 1. The molecule has 0 radical (unpaired) electrons. The number of rotatable bonds is 7. The first-order valence-electron chi connectivity index (χ1n) is 10.5. The Morgan fingerprint density at radius 1 is 1.04 bits per heavy atom. The summed E-state index contributed by atoms with van der Waals surface area (Å²) in [6.45, 7) is 7.36. The van der Waals surface area contributed by atoms with Crippen molar-refractivity contribution in [3.05, 3.63) is 65.2 Å². The molecule has 1 heterocycles. The number of carbonyl (C=O) groups is 1. The van der Waals surface area contributed by atoms with E-state index in [9.17, 15) is 4.79 Å². The van der Waals surface area contributed by atoms with Crippen LogP contribution >= 0.6 is 0 Å². The van der Waals surface area contributed by atoms with Gasteiger partial charge in [-0.2, -0.15) is 0 Å². The number of hydrogen-bond donors (Lipinski definition) is 1. The van der Waals surface area contributed by atoms with Crippen LogP contribution in [0.15, 0.2) is 48.5 Å². The fourth-order valence-electron chi connectivity index (χ4n) is 3.87. The highest BCUT2D eigenvalue weighted by molar-refractivity contribution is 5.96. The van der Waals surface area contributed by atoms with Gasteiger partial charge in [0, 0.05) is 6.54 Å². The second-order valence-electron chi connectivity index (χ2n) is 7.52. The normalized spacial score (nSPS) is 16.2. The van der Waals surface area contributed by atoms with Gasteiger partial charge in [0.2, 0.25) is 0 Å². The van der Waals surface area contributed by atoms with Crippen LogP contribution in [0.5, 0.6) is 5.75 Å². The molecule has 0 aliphatic carbocycles. The second kappa shape index (κ2) is 10.3. The molecular formula is C24H32N2O2. The minimum Gasteiger partial charge on any atom is -0.493 e. The van der Waals surface area contributed by atoms with E-state index in [1.807, 2.05) is 31.2 Å². The van der Waals surface area contributed by atoms with Gasteiger partial charge >= 0.3 is 0 Å². The van der Waals surface area contributed by atoms with Crippen LogP contribution in [0.4, 0.5) is 0 Å². The summed E-state index contributed by atoms with van der Waals surface area (Å²) < 4.78 is 5.62. The van der Waals surface area contributed by atoms with E-state index in [1.54, 1.807) is 0 Å². The van der Waals surface area contributed by atoms with Gasteiger partial charge in [-0.15, -0.1) is 0 Å². The molecule has 1 saturated heterocycles. The van der Waals surface area contributed by atoms with Crippen molar-refractivity contribution in [3.63, 3.8) is 0 Å². The maximum Gasteiger partial charge on any atom is 0.255 e. The molecule has 28 heavy (non-hydrogen) atoms. The fraction of sp³-hybridized carbons (Fsp3) is 0.458. The molecule has 1 N–H and O–H groups in total. The van der Waals surface area contributed by atoms with Crippen LogP contribution in [0.2, 0.25) is 0 Å². The Bertz CT molecular complexity index is 749. The van der Waals surface area contributed by atoms with Crippen LogP contribution in [0.25, 0.3) is 0 Å². The third-order valence-electron chi connectivity index (χ3n) is 5.43. The number of para-hydroxylation sites is 1. The van der Waals surface area contributed by atoms with Gasteiger partial charge in [0.15, 0.2) is 0 Å². The van der Waals surface area contributed by atoms with Crippen molar-refractivity contribution in [2.24, 2.45) is 0 Å². The molecule has 4 nitrogen and oxygen atoms in total. The number of amides is 1. The van der Waals surface area contributed by atoms with E-state index in [2.05, 4.69) is 41.4 Å². The minimum atomic E-state index is -0.0732.